The molecule has 2 aliphatic heterocycles. The van der Waals surface area contributed by atoms with E-state index in [4.69, 9.17) is 0 Å². The highest BCUT2D eigenvalue weighted by molar-refractivity contribution is 7.90. The van der Waals surface area contributed by atoms with Crippen LogP contribution in [0.25, 0.3) is 0 Å². The number of carbonyl (C=O) groups is 1. The van der Waals surface area contributed by atoms with Gasteiger partial charge in [0.25, 0.3) is 10.0 Å². The number of nitrogens with one attached hydrogen (secondary N) is 2. The van der Waals surface area contributed by atoms with Crippen molar-refractivity contribution in [2.75, 3.05) is 49.5 Å². The Morgan fingerprint density at radius 3 is 2.62 bits per heavy atom. The lowest BCUT2D eigenvalue weighted by atomic mass is 10.1. The van der Waals surface area contributed by atoms with Crippen LogP contribution in [-0.4, -0.2) is 64.3 Å². The van der Waals surface area contributed by atoms with Gasteiger partial charge in [-0.25, -0.2) is 12.8 Å². The number of hydrogen-bond donors (Lipinski definition) is 2. The highest BCUT2D eigenvalue weighted by Crippen LogP contribution is 2.24. The van der Waals surface area contributed by atoms with E-state index in [9.17, 15) is 22.9 Å². The highest BCUT2D eigenvalue weighted by atomic mass is 32.2. The molecule has 4 rings (SSSR count). The van der Waals surface area contributed by atoms with Crippen LogP contribution >= 0.6 is 0 Å². The Hall–Kier alpha value is -3.49. The van der Waals surface area contributed by atoms with Gasteiger partial charge in [-0.1, -0.05) is 12.1 Å². The maximum Gasteiger partial charge on any atom is 0.262 e. The summed E-state index contributed by atoms with van der Waals surface area (Å²) in [7, 11) is -3.77. The van der Waals surface area contributed by atoms with E-state index in [0.717, 1.165) is 6.42 Å². The molecule has 0 radical (unpaired) electrons. The number of halogens is 1. The Balaban J connectivity index is 1.32. The number of carbonyl (C=O) groups excluding carboxylic acids is 1. The molecule has 2 aromatic rings. The van der Waals surface area contributed by atoms with Gasteiger partial charge >= 0.3 is 0 Å². The minimum atomic E-state index is -3.77. The number of nitriles is 1. The zero-order chi connectivity index (χ0) is 24.1. The van der Waals surface area contributed by atoms with Gasteiger partial charge in [0.2, 0.25) is 5.91 Å². The molecule has 0 atom stereocenters. The van der Waals surface area contributed by atoms with Crippen molar-refractivity contribution in [2.24, 2.45) is 4.99 Å². The second kappa shape index (κ2) is 10.2. The van der Waals surface area contributed by atoms with Gasteiger partial charge in [0.05, 0.1) is 17.1 Å². The van der Waals surface area contributed by atoms with Gasteiger partial charge < -0.3 is 10.2 Å². The van der Waals surface area contributed by atoms with Crippen molar-refractivity contribution in [1.29, 1.82) is 5.26 Å². The first-order chi connectivity index (χ1) is 16.4. The molecule has 0 unspecified atom stereocenters. The molecule has 0 aliphatic carbocycles. The zero-order valence-electron chi connectivity index (χ0n) is 18.5. The van der Waals surface area contributed by atoms with Crippen LogP contribution in [0.4, 0.5) is 15.8 Å². The van der Waals surface area contributed by atoms with E-state index < -0.39 is 15.8 Å². The Labute approximate surface area is 197 Å². The molecule has 0 aromatic heterocycles. The molecule has 1 saturated heterocycles. The van der Waals surface area contributed by atoms with Crippen LogP contribution in [0.15, 0.2) is 52.4 Å². The van der Waals surface area contributed by atoms with Gasteiger partial charge in [-0.05, 0) is 36.8 Å². The first kappa shape index (κ1) is 23.7. The number of amides is 1. The van der Waals surface area contributed by atoms with Crippen LogP contribution in [0.1, 0.15) is 18.4 Å². The van der Waals surface area contributed by atoms with E-state index in [1.54, 1.807) is 24.3 Å². The number of aliphatic imine (C=N–C) groups is 1. The normalized spacial score (nSPS) is 16.6. The predicted molar refractivity (Wildman–Crippen MR) is 127 cm³/mol. The molecule has 2 aromatic carbocycles. The summed E-state index contributed by atoms with van der Waals surface area (Å²) in [6.45, 7) is 2.98. The van der Waals surface area contributed by atoms with Crippen LogP contribution in [-0.2, 0) is 14.8 Å². The number of piperazine rings is 1. The molecule has 178 valence electrons. The maximum absolute atomic E-state index is 13.9. The van der Waals surface area contributed by atoms with Crippen molar-refractivity contribution in [1.82, 2.24) is 9.62 Å². The molecule has 1 fully saturated rings. The van der Waals surface area contributed by atoms with Crippen LogP contribution < -0.4 is 14.9 Å². The summed E-state index contributed by atoms with van der Waals surface area (Å²) in [5.74, 6) is -0.356. The lowest BCUT2D eigenvalue weighted by molar-refractivity contribution is -0.117. The zero-order valence-corrected chi connectivity index (χ0v) is 19.3. The minimum Gasteiger partial charge on any atom is -0.368 e. The van der Waals surface area contributed by atoms with Crippen molar-refractivity contribution in [3.8, 4) is 6.07 Å². The van der Waals surface area contributed by atoms with Gasteiger partial charge in [0, 0.05) is 44.8 Å². The van der Waals surface area contributed by atoms with Crippen LogP contribution in [0, 0.1) is 17.1 Å². The molecule has 2 heterocycles. The Kier molecular flexibility index (Phi) is 7.09. The highest BCUT2D eigenvalue weighted by Gasteiger charge is 2.23. The summed E-state index contributed by atoms with van der Waals surface area (Å²) in [6.07, 6.45) is 1.42. The van der Waals surface area contributed by atoms with Crippen LogP contribution in [0.5, 0.6) is 0 Å². The fourth-order valence-corrected chi connectivity index (χ4v) is 5.15. The third kappa shape index (κ3) is 5.52. The summed E-state index contributed by atoms with van der Waals surface area (Å²) in [5, 5.41) is 12.0. The number of rotatable bonds is 6. The first-order valence-electron chi connectivity index (χ1n) is 11.0. The van der Waals surface area contributed by atoms with E-state index in [1.165, 1.54) is 18.2 Å². The topological polar surface area (TPSA) is 118 Å². The number of benzene rings is 2. The third-order valence-electron chi connectivity index (χ3n) is 5.74. The standard InChI is InChI=1S/C23H25FN6O3S/c24-20-6-2-7-21(19(20)15-25)30-12-10-29(11-13-30)16-23(31)27-17-4-1-5-18(14-17)34(32,33)28-22-8-3-9-26-22/h1-2,4-7,14H,3,8-13,16H2,(H,26,28)(H,27,31). The lowest BCUT2D eigenvalue weighted by Crippen LogP contribution is -2.48. The van der Waals surface area contributed by atoms with Gasteiger partial charge in [0.1, 0.15) is 23.3 Å². The van der Waals surface area contributed by atoms with Crippen LogP contribution in [0.2, 0.25) is 0 Å². The average molecular weight is 485 g/mol. The summed E-state index contributed by atoms with van der Waals surface area (Å²) in [5.41, 5.74) is 0.970. The van der Waals surface area contributed by atoms with E-state index in [1.807, 2.05) is 15.9 Å². The lowest BCUT2D eigenvalue weighted by Gasteiger charge is -2.36. The summed E-state index contributed by atoms with van der Waals surface area (Å²) in [6, 6.07) is 12.6. The van der Waals surface area contributed by atoms with E-state index in [-0.39, 0.29) is 22.9 Å². The molecular weight excluding hydrogens is 459 g/mol. The number of anilines is 2. The summed E-state index contributed by atoms with van der Waals surface area (Å²) >= 11 is 0. The van der Waals surface area contributed by atoms with Crippen molar-refractivity contribution in [3.05, 3.63) is 53.8 Å². The number of nitrogens with zero attached hydrogens (tertiary/aromatic N) is 4. The fourth-order valence-electron chi connectivity index (χ4n) is 4.02. The van der Waals surface area contributed by atoms with Gasteiger partial charge in [-0.2, -0.15) is 5.26 Å². The second-order valence-electron chi connectivity index (χ2n) is 8.12. The average Bonchev–Trinajstić information content (AvgIpc) is 3.32. The van der Waals surface area contributed by atoms with Gasteiger partial charge in [0.15, 0.2) is 0 Å². The molecule has 2 N–H and O–H groups in total. The molecule has 0 saturated carbocycles. The van der Waals surface area contributed by atoms with Crippen molar-refractivity contribution >= 4 is 33.1 Å². The van der Waals surface area contributed by atoms with E-state index >= 15 is 0 Å². The van der Waals surface area contributed by atoms with Crippen molar-refractivity contribution in [3.63, 3.8) is 0 Å². The Bertz CT molecular complexity index is 1250. The van der Waals surface area contributed by atoms with Crippen LogP contribution in [0.3, 0.4) is 0 Å². The molecule has 34 heavy (non-hydrogen) atoms. The molecule has 2 aliphatic rings. The molecule has 1 amide bonds. The van der Waals surface area contributed by atoms with Gasteiger partial charge in [-0.15, -0.1) is 0 Å². The molecule has 11 heteroatoms. The SMILES string of the molecule is N#Cc1c(F)cccc1N1CCN(CC(=O)Nc2cccc(S(=O)(=O)NC3=NCCC3)c2)CC1. The second-order valence-corrected chi connectivity index (χ2v) is 9.80. The number of hydrogen-bond acceptors (Lipinski definition) is 7. The number of amidine groups is 1. The number of sulfonamides is 1. The summed E-state index contributed by atoms with van der Waals surface area (Å²) in [4.78, 5) is 20.7. The Morgan fingerprint density at radius 1 is 1.15 bits per heavy atom. The Morgan fingerprint density at radius 2 is 1.91 bits per heavy atom. The molecular formula is C23H25FN6O3S. The van der Waals surface area contributed by atoms with Crippen molar-refractivity contribution in [2.45, 2.75) is 17.7 Å². The van der Waals surface area contributed by atoms with Crippen molar-refractivity contribution < 1.29 is 17.6 Å². The van der Waals surface area contributed by atoms with Gasteiger partial charge in [-0.3, -0.25) is 19.4 Å². The predicted octanol–water partition coefficient (Wildman–Crippen LogP) is 1.93. The molecule has 0 bridgehead atoms. The third-order valence-corrected chi connectivity index (χ3v) is 7.12. The smallest absolute Gasteiger partial charge is 0.262 e. The largest absolute Gasteiger partial charge is 0.368 e. The minimum absolute atomic E-state index is 0.0259. The maximum atomic E-state index is 13.9. The monoisotopic (exact) mass is 484 g/mol. The fraction of sp³-hybridized carbons (Fsp3) is 0.348. The quantitative estimate of drug-likeness (QED) is 0.647. The first-order valence-corrected chi connectivity index (χ1v) is 12.5. The molecule has 9 nitrogen and oxygen atoms in total. The van der Waals surface area contributed by atoms with E-state index in [0.29, 0.717) is 56.4 Å². The molecule has 0 spiro atoms. The summed E-state index contributed by atoms with van der Waals surface area (Å²) < 4.78 is 41.6. The van der Waals surface area contributed by atoms with E-state index in [2.05, 4.69) is 15.0 Å².